The number of carbonyl (C=O) groups excluding carboxylic acids is 5. The Morgan fingerprint density at radius 2 is 1.07 bits per heavy atom. The van der Waals surface area contributed by atoms with Crippen LogP contribution in [0, 0.1) is 0 Å². The fourth-order valence-electron chi connectivity index (χ4n) is 7.21. The highest BCUT2D eigenvalue weighted by atomic mass is 35.5. The van der Waals surface area contributed by atoms with E-state index in [2.05, 4.69) is 4.74 Å². The average molecular weight is 949 g/mol. The SMILES string of the molecule is CC(=O)OCc1cc(Cl)c(Cc2ccc(OC(F)F)cc2)c(O[C@@H]2O[C@H]([C@@H](C)OC(=O)c3ccccc3)[C@@H](OC(=O)c3ccccc3)[C@H](OC(=O)c3ccccc3)[C@H]2OC(=O)c2ccccc2)c1. The molecule has 1 saturated heterocycles. The zero-order valence-corrected chi connectivity index (χ0v) is 37.2. The Hall–Kier alpha value is -7.62. The first-order valence-electron chi connectivity index (χ1n) is 21.2. The van der Waals surface area contributed by atoms with E-state index in [1.165, 1.54) is 98.8 Å². The lowest BCUT2D eigenvalue weighted by molar-refractivity contribution is -0.284. The van der Waals surface area contributed by atoms with Crippen molar-refractivity contribution in [1.82, 2.24) is 0 Å². The highest BCUT2D eigenvalue weighted by molar-refractivity contribution is 6.31. The van der Waals surface area contributed by atoms with Gasteiger partial charge in [0.05, 0.1) is 22.3 Å². The van der Waals surface area contributed by atoms with Gasteiger partial charge in [-0.1, -0.05) is 96.5 Å². The molecule has 1 heterocycles. The lowest BCUT2D eigenvalue weighted by atomic mass is 9.94. The molecule has 1 fully saturated rings. The second kappa shape index (κ2) is 22.7. The van der Waals surface area contributed by atoms with Crippen LogP contribution in [0.15, 0.2) is 158 Å². The third-order valence-electron chi connectivity index (χ3n) is 10.5. The number of benzene rings is 6. The summed E-state index contributed by atoms with van der Waals surface area (Å²) in [5.74, 6) is -4.21. The fourth-order valence-corrected chi connectivity index (χ4v) is 7.51. The van der Waals surface area contributed by atoms with Gasteiger partial charge in [-0.25, -0.2) is 19.2 Å². The molecule has 0 bridgehead atoms. The molecule has 0 aromatic heterocycles. The van der Waals surface area contributed by atoms with Gasteiger partial charge in [-0.3, -0.25) is 4.79 Å². The normalized spacial score (nSPS) is 18.1. The van der Waals surface area contributed by atoms with Crippen LogP contribution in [0.2, 0.25) is 5.02 Å². The largest absolute Gasteiger partial charge is 0.461 e. The number of rotatable bonds is 17. The predicted octanol–water partition coefficient (Wildman–Crippen LogP) is 9.62. The third kappa shape index (κ3) is 12.6. The van der Waals surface area contributed by atoms with Crippen LogP contribution < -0.4 is 9.47 Å². The lowest BCUT2D eigenvalue weighted by Crippen LogP contribution is -2.65. The maximum absolute atomic E-state index is 14.2. The van der Waals surface area contributed by atoms with Gasteiger partial charge in [0.25, 0.3) is 0 Å². The molecule has 0 spiro atoms. The number of ether oxygens (including phenoxy) is 8. The Morgan fingerprint density at radius 1 is 0.603 bits per heavy atom. The topological polar surface area (TPSA) is 159 Å². The van der Waals surface area contributed by atoms with Gasteiger partial charge in [-0.2, -0.15) is 8.78 Å². The molecule has 0 N–H and O–H groups in total. The summed E-state index contributed by atoms with van der Waals surface area (Å²) in [6.45, 7) is -0.611. The Bertz CT molecular complexity index is 2670. The predicted molar refractivity (Wildman–Crippen MR) is 240 cm³/mol. The molecule has 6 aromatic carbocycles. The van der Waals surface area contributed by atoms with E-state index in [1.54, 1.807) is 72.8 Å². The van der Waals surface area contributed by atoms with E-state index in [1.807, 2.05) is 0 Å². The fraction of sp³-hybridized carbons (Fsp3) is 0.212. The van der Waals surface area contributed by atoms with Crippen molar-refractivity contribution in [1.29, 1.82) is 0 Å². The molecule has 6 atom stereocenters. The van der Waals surface area contributed by atoms with Gasteiger partial charge < -0.3 is 37.9 Å². The van der Waals surface area contributed by atoms with Crippen LogP contribution in [0.4, 0.5) is 8.78 Å². The van der Waals surface area contributed by atoms with E-state index >= 15 is 0 Å². The number of alkyl halides is 2. The number of carbonyl (C=O) groups is 5. The molecule has 1 aliphatic heterocycles. The van der Waals surface area contributed by atoms with Crippen LogP contribution in [-0.4, -0.2) is 73.3 Å². The van der Waals surface area contributed by atoms with Crippen molar-refractivity contribution in [2.75, 3.05) is 0 Å². The molecule has 0 amide bonds. The number of hydrogen-bond acceptors (Lipinski definition) is 13. The van der Waals surface area contributed by atoms with Crippen LogP contribution in [0.5, 0.6) is 11.5 Å². The van der Waals surface area contributed by atoms with Crippen molar-refractivity contribution in [3.8, 4) is 11.5 Å². The minimum atomic E-state index is -3.05. The summed E-state index contributed by atoms with van der Waals surface area (Å²) >= 11 is 6.96. The van der Waals surface area contributed by atoms with Gasteiger partial charge in [0.15, 0.2) is 12.2 Å². The zero-order chi connectivity index (χ0) is 48.2. The summed E-state index contributed by atoms with van der Waals surface area (Å²) in [6.07, 6.45) is -9.80. The second-order valence-electron chi connectivity index (χ2n) is 15.3. The Morgan fingerprint density at radius 3 is 1.56 bits per heavy atom. The molecule has 6 aromatic rings. The maximum atomic E-state index is 14.2. The average Bonchev–Trinajstić information content (AvgIpc) is 3.34. The standard InChI is InChI=1S/C52H43ClF2O13/c1-31(62-47(57)35-15-7-3-8-16-35)43-44(65-48(58)36-17-9-4-10-18-36)45(66-49(59)37-19-11-5-12-20-37)46(67-50(60)38-21-13-6-14-22-38)51(68-43)64-42-29-34(30-61-32(2)56)28-41(53)40(42)27-33-23-25-39(26-24-33)63-52(54)55/h3-26,28-29,31,43-46,51-52H,27,30H2,1-2H3/t31-,43-,44-,45+,46-,51-/m1/s1. The molecule has 7 rings (SSSR count). The van der Waals surface area contributed by atoms with Gasteiger partial charge in [0, 0.05) is 23.9 Å². The summed E-state index contributed by atoms with van der Waals surface area (Å²) in [6, 6.07) is 40.5. The van der Waals surface area contributed by atoms with Crippen LogP contribution >= 0.6 is 11.6 Å². The molecule has 1 aliphatic rings. The number of halogens is 3. The first kappa shape index (κ1) is 48.3. The lowest BCUT2D eigenvalue weighted by Gasteiger charge is -2.45. The number of esters is 5. The molecule has 68 heavy (non-hydrogen) atoms. The number of hydrogen-bond donors (Lipinski definition) is 0. The highest BCUT2D eigenvalue weighted by Gasteiger charge is 2.56. The monoisotopic (exact) mass is 948 g/mol. The van der Waals surface area contributed by atoms with E-state index in [4.69, 9.17) is 44.8 Å². The van der Waals surface area contributed by atoms with E-state index in [-0.39, 0.29) is 51.8 Å². The second-order valence-corrected chi connectivity index (χ2v) is 15.7. The summed E-state index contributed by atoms with van der Waals surface area (Å²) in [5, 5.41) is 0.106. The quantitative estimate of drug-likeness (QED) is 0.0629. The van der Waals surface area contributed by atoms with E-state index < -0.39 is 73.3 Å². The van der Waals surface area contributed by atoms with E-state index in [0.717, 1.165) is 0 Å². The maximum Gasteiger partial charge on any atom is 0.387 e. The van der Waals surface area contributed by atoms with Gasteiger partial charge in [-0.05, 0) is 90.8 Å². The molecule has 0 unspecified atom stereocenters. The van der Waals surface area contributed by atoms with Crippen LogP contribution in [0.25, 0.3) is 0 Å². The van der Waals surface area contributed by atoms with Gasteiger partial charge >= 0.3 is 36.5 Å². The van der Waals surface area contributed by atoms with Crippen molar-refractivity contribution in [3.05, 3.63) is 202 Å². The Kier molecular flexibility index (Phi) is 16.1. The summed E-state index contributed by atoms with van der Waals surface area (Å²) < 4.78 is 73.8. The molecule has 16 heteroatoms. The molecule has 350 valence electrons. The molecular weight excluding hydrogens is 906 g/mol. The van der Waals surface area contributed by atoms with Gasteiger partial charge in [-0.15, -0.1) is 0 Å². The third-order valence-corrected chi connectivity index (χ3v) is 10.8. The summed E-state index contributed by atoms with van der Waals surface area (Å²) in [7, 11) is 0. The Labute approximate surface area is 394 Å². The van der Waals surface area contributed by atoms with Crippen molar-refractivity contribution in [2.45, 2.75) is 70.3 Å². The summed E-state index contributed by atoms with van der Waals surface area (Å²) in [5.41, 5.74) is 1.65. The van der Waals surface area contributed by atoms with Crippen molar-refractivity contribution in [2.24, 2.45) is 0 Å². The highest BCUT2D eigenvalue weighted by Crippen LogP contribution is 2.38. The Balaban J connectivity index is 1.37. The van der Waals surface area contributed by atoms with E-state index in [0.29, 0.717) is 16.7 Å². The van der Waals surface area contributed by atoms with Gasteiger partial charge in [0.2, 0.25) is 12.4 Å². The molecular formula is C52H43ClF2O13. The van der Waals surface area contributed by atoms with Crippen LogP contribution in [-0.2, 0) is 46.2 Å². The van der Waals surface area contributed by atoms with Crippen molar-refractivity contribution >= 4 is 41.4 Å². The van der Waals surface area contributed by atoms with Crippen LogP contribution in [0.1, 0.15) is 72.0 Å². The van der Waals surface area contributed by atoms with Crippen molar-refractivity contribution in [3.63, 3.8) is 0 Å². The molecule has 0 radical (unpaired) electrons. The first-order valence-corrected chi connectivity index (χ1v) is 21.6. The molecule has 0 aliphatic carbocycles. The van der Waals surface area contributed by atoms with Gasteiger partial charge in [0.1, 0.15) is 30.3 Å². The molecule has 13 nitrogen and oxygen atoms in total. The molecule has 0 saturated carbocycles. The minimum Gasteiger partial charge on any atom is -0.461 e. The van der Waals surface area contributed by atoms with E-state index in [9.17, 15) is 32.8 Å². The smallest absolute Gasteiger partial charge is 0.387 e. The zero-order valence-electron chi connectivity index (χ0n) is 36.4. The first-order chi connectivity index (χ1) is 32.8. The van der Waals surface area contributed by atoms with Crippen molar-refractivity contribution < 1.29 is 70.6 Å². The summed E-state index contributed by atoms with van der Waals surface area (Å²) in [4.78, 5) is 68.0. The van der Waals surface area contributed by atoms with Crippen LogP contribution in [0.3, 0.4) is 0 Å². The minimum absolute atomic E-state index is 0.0103.